The Balaban J connectivity index is 1.26. The van der Waals surface area contributed by atoms with E-state index in [9.17, 15) is 4.79 Å². The summed E-state index contributed by atoms with van der Waals surface area (Å²) in [6, 6.07) is 15.5. The number of methoxy groups -OCH3 is 1. The number of thiazole rings is 1. The number of carbonyl (C=O) groups is 1. The summed E-state index contributed by atoms with van der Waals surface area (Å²) in [6.07, 6.45) is 2.14. The van der Waals surface area contributed by atoms with E-state index in [1.54, 1.807) is 18.4 Å². The van der Waals surface area contributed by atoms with Gasteiger partial charge in [0.15, 0.2) is 0 Å². The van der Waals surface area contributed by atoms with Crippen LogP contribution in [0.1, 0.15) is 35.1 Å². The predicted octanol–water partition coefficient (Wildman–Crippen LogP) is 4.96. The van der Waals surface area contributed by atoms with E-state index in [-0.39, 0.29) is 5.91 Å². The highest BCUT2D eigenvalue weighted by atomic mass is 32.1. The molecule has 7 heteroatoms. The van der Waals surface area contributed by atoms with Crippen LogP contribution in [0.5, 0.6) is 11.5 Å². The fourth-order valence-electron chi connectivity index (χ4n) is 3.79. The topological polar surface area (TPSA) is 54.9 Å². The first-order valence-corrected chi connectivity index (χ1v) is 12.4. The zero-order chi connectivity index (χ0) is 23.0. The molecule has 0 N–H and O–H groups in total. The minimum Gasteiger partial charge on any atom is -0.497 e. The molecule has 0 bridgehead atoms. The Morgan fingerprint density at radius 2 is 1.70 bits per heavy atom. The van der Waals surface area contributed by atoms with E-state index in [0.29, 0.717) is 6.61 Å². The van der Waals surface area contributed by atoms with Gasteiger partial charge in [-0.3, -0.25) is 9.69 Å². The largest absolute Gasteiger partial charge is 0.497 e. The molecule has 33 heavy (non-hydrogen) atoms. The van der Waals surface area contributed by atoms with Gasteiger partial charge < -0.3 is 14.4 Å². The van der Waals surface area contributed by atoms with Gasteiger partial charge in [0.1, 0.15) is 16.5 Å². The molecule has 1 fully saturated rings. The maximum atomic E-state index is 12.9. The lowest BCUT2D eigenvalue weighted by Crippen LogP contribution is -2.48. The molecule has 1 amide bonds. The van der Waals surface area contributed by atoms with E-state index in [0.717, 1.165) is 78.9 Å². The zero-order valence-corrected chi connectivity index (χ0v) is 20.1. The molecule has 0 saturated carbocycles. The average Bonchev–Trinajstić information content (AvgIpc) is 3.33. The summed E-state index contributed by atoms with van der Waals surface area (Å²) < 4.78 is 10.9. The van der Waals surface area contributed by atoms with Crippen LogP contribution in [0.3, 0.4) is 0 Å². The molecule has 2 aromatic carbocycles. The van der Waals surface area contributed by atoms with Gasteiger partial charge in [0.2, 0.25) is 0 Å². The normalized spacial score (nSPS) is 14.3. The number of hydrogen-bond acceptors (Lipinski definition) is 6. The van der Waals surface area contributed by atoms with Crippen molar-refractivity contribution < 1.29 is 14.3 Å². The van der Waals surface area contributed by atoms with Gasteiger partial charge in [-0.25, -0.2) is 4.98 Å². The van der Waals surface area contributed by atoms with Crippen molar-refractivity contribution in [3.8, 4) is 22.8 Å². The molecular formula is C26H31N3O3S. The number of benzene rings is 2. The number of rotatable bonds is 9. The van der Waals surface area contributed by atoms with Gasteiger partial charge in [-0.2, -0.15) is 0 Å². The van der Waals surface area contributed by atoms with Crippen molar-refractivity contribution in [3.05, 3.63) is 64.5 Å². The Morgan fingerprint density at radius 1 is 1.00 bits per heavy atom. The summed E-state index contributed by atoms with van der Waals surface area (Å²) in [5.41, 5.74) is 2.81. The third-order valence-electron chi connectivity index (χ3n) is 5.82. The standard InChI is InChI=1S/C26H31N3O3S/c1-3-4-17-32-23-11-7-21(8-12-23)26(30)29-15-13-28(14-16-29)18-25-27-24(19-33-25)20-5-9-22(31-2)10-6-20/h5-12,19H,3-4,13-18H2,1-2H3. The first-order valence-electron chi connectivity index (χ1n) is 11.5. The van der Waals surface area contributed by atoms with Crippen LogP contribution < -0.4 is 9.47 Å². The van der Waals surface area contributed by atoms with Gasteiger partial charge >= 0.3 is 0 Å². The quantitative estimate of drug-likeness (QED) is 0.418. The van der Waals surface area contributed by atoms with E-state index < -0.39 is 0 Å². The molecule has 4 rings (SSSR count). The summed E-state index contributed by atoms with van der Waals surface area (Å²) in [7, 11) is 1.67. The molecule has 0 unspecified atom stereocenters. The first-order chi connectivity index (χ1) is 16.2. The van der Waals surface area contributed by atoms with E-state index >= 15 is 0 Å². The van der Waals surface area contributed by atoms with Crippen LogP contribution in [0.4, 0.5) is 0 Å². The SMILES string of the molecule is CCCCOc1ccc(C(=O)N2CCN(Cc3nc(-c4ccc(OC)cc4)cs3)CC2)cc1. The molecule has 0 atom stereocenters. The van der Waals surface area contributed by atoms with Gasteiger partial charge in [0.25, 0.3) is 5.91 Å². The van der Waals surface area contributed by atoms with Gasteiger partial charge in [-0.15, -0.1) is 11.3 Å². The van der Waals surface area contributed by atoms with Crippen LogP contribution >= 0.6 is 11.3 Å². The van der Waals surface area contributed by atoms with Crippen molar-refractivity contribution in [1.82, 2.24) is 14.8 Å². The molecule has 1 saturated heterocycles. The second kappa shape index (κ2) is 11.3. The molecule has 2 heterocycles. The van der Waals surface area contributed by atoms with E-state index in [1.165, 1.54) is 0 Å². The molecular weight excluding hydrogens is 434 g/mol. The Kier molecular flexibility index (Phi) is 7.96. The lowest BCUT2D eigenvalue weighted by molar-refractivity contribution is 0.0628. The number of nitrogens with zero attached hydrogens (tertiary/aromatic N) is 3. The van der Waals surface area contributed by atoms with Crippen LogP contribution in [0.15, 0.2) is 53.9 Å². The molecule has 0 radical (unpaired) electrons. The smallest absolute Gasteiger partial charge is 0.253 e. The number of ether oxygens (including phenoxy) is 2. The van der Waals surface area contributed by atoms with Crippen LogP contribution in [-0.4, -0.2) is 60.6 Å². The highest BCUT2D eigenvalue weighted by Gasteiger charge is 2.23. The number of unbranched alkanes of at least 4 members (excludes halogenated alkanes) is 1. The molecule has 1 aliphatic rings. The third kappa shape index (κ3) is 6.12. The summed E-state index contributed by atoms with van der Waals surface area (Å²) in [5, 5.41) is 3.20. The molecule has 6 nitrogen and oxygen atoms in total. The minimum atomic E-state index is 0.0887. The Labute approximate surface area is 199 Å². The lowest BCUT2D eigenvalue weighted by Gasteiger charge is -2.34. The second-order valence-corrected chi connectivity index (χ2v) is 9.09. The number of carbonyl (C=O) groups excluding carboxylic acids is 1. The minimum absolute atomic E-state index is 0.0887. The summed E-state index contributed by atoms with van der Waals surface area (Å²) in [5.74, 6) is 1.76. The average molecular weight is 466 g/mol. The van der Waals surface area contributed by atoms with Crippen molar-refractivity contribution in [2.45, 2.75) is 26.3 Å². The molecule has 3 aromatic rings. The second-order valence-electron chi connectivity index (χ2n) is 8.15. The fraction of sp³-hybridized carbons (Fsp3) is 0.385. The molecule has 1 aliphatic heterocycles. The molecule has 0 spiro atoms. The summed E-state index contributed by atoms with van der Waals surface area (Å²) >= 11 is 1.68. The predicted molar refractivity (Wildman–Crippen MR) is 132 cm³/mol. The van der Waals surface area contributed by atoms with E-state index in [4.69, 9.17) is 14.5 Å². The van der Waals surface area contributed by atoms with Crippen molar-refractivity contribution in [3.63, 3.8) is 0 Å². The van der Waals surface area contributed by atoms with Gasteiger partial charge in [0, 0.05) is 42.7 Å². The van der Waals surface area contributed by atoms with Crippen molar-refractivity contribution >= 4 is 17.2 Å². The fourth-order valence-corrected chi connectivity index (χ4v) is 4.63. The number of piperazine rings is 1. The maximum Gasteiger partial charge on any atom is 0.253 e. The van der Waals surface area contributed by atoms with Gasteiger partial charge in [-0.1, -0.05) is 13.3 Å². The molecule has 0 aliphatic carbocycles. The van der Waals surface area contributed by atoms with E-state index in [2.05, 4.69) is 17.2 Å². The van der Waals surface area contributed by atoms with E-state index in [1.807, 2.05) is 53.4 Å². The summed E-state index contributed by atoms with van der Waals surface area (Å²) in [6.45, 7) is 6.82. The highest BCUT2D eigenvalue weighted by Crippen LogP contribution is 2.25. The van der Waals surface area contributed by atoms with Crippen LogP contribution in [0, 0.1) is 0 Å². The first kappa shape index (κ1) is 23.3. The van der Waals surface area contributed by atoms with Crippen LogP contribution in [0.2, 0.25) is 0 Å². The molecule has 174 valence electrons. The highest BCUT2D eigenvalue weighted by molar-refractivity contribution is 7.09. The summed E-state index contributed by atoms with van der Waals surface area (Å²) in [4.78, 5) is 22.0. The monoisotopic (exact) mass is 465 g/mol. The van der Waals surface area contributed by atoms with Crippen LogP contribution in [-0.2, 0) is 6.54 Å². The van der Waals surface area contributed by atoms with Crippen molar-refractivity contribution in [2.24, 2.45) is 0 Å². The Hall–Kier alpha value is -2.90. The van der Waals surface area contributed by atoms with Gasteiger partial charge in [-0.05, 0) is 55.0 Å². The number of hydrogen-bond donors (Lipinski definition) is 0. The van der Waals surface area contributed by atoms with Crippen LogP contribution in [0.25, 0.3) is 11.3 Å². The Bertz CT molecular complexity index is 1030. The van der Waals surface area contributed by atoms with Crippen molar-refractivity contribution in [1.29, 1.82) is 0 Å². The maximum absolute atomic E-state index is 12.9. The number of aromatic nitrogens is 1. The lowest BCUT2D eigenvalue weighted by atomic mass is 10.1. The number of amides is 1. The molecule has 1 aromatic heterocycles. The van der Waals surface area contributed by atoms with Gasteiger partial charge in [0.05, 0.1) is 26.0 Å². The Morgan fingerprint density at radius 3 is 2.36 bits per heavy atom. The van der Waals surface area contributed by atoms with Crippen molar-refractivity contribution in [2.75, 3.05) is 39.9 Å². The third-order valence-corrected chi connectivity index (χ3v) is 6.66. The zero-order valence-electron chi connectivity index (χ0n) is 19.3.